The number of nitrogens with zero attached hydrogens (tertiary/aromatic N) is 2. The van der Waals surface area contributed by atoms with Crippen LogP contribution in [0.3, 0.4) is 0 Å². The molecule has 3 rings (SSSR count). The molecular weight excluding hydrogens is 364 g/mol. The Kier molecular flexibility index (Phi) is 5.81. The van der Waals surface area contributed by atoms with E-state index in [9.17, 15) is 4.79 Å². The molecule has 0 spiro atoms. The van der Waals surface area contributed by atoms with Gasteiger partial charge in [0.25, 0.3) is 0 Å². The van der Waals surface area contributed by atoms with Crippen molar-refractivity contribution in [3.8, 4) is 0 Å². The Bertz CT molecular complexity index is 697. The fraction of sp³-hybridized carbons (Fsp3) is 0.300. The van der Waals surface area contributed by atoms with Gasteiger partial charge in [-0.05, 0) is 49.1 Å². The molecule has 1 aliphatic carbocycles. The van der Waals surface area contributed by atoms with Gasteiger partial charge in [0, 0.05) is 23.1 Å². The molecule has 0 aliphatic heterocycles. The summed E-state index contributed by atoms with van der Waals surface area (Å²) in [4.78, 5) is 19.4. The van der Waals surface area contributed by atoms with E-state index < -0.39 is 0 Å². The summed E-state index contributed by atoms with van der Waals surface area (Å²) in [6.07, 6.45) is 8.85. The molecule has 1 unspecified atom stereocenters. The van der Waals surface area contributed by atoms with Crippen molar-refractivity contribution in [2.75, 3.05) is 0 Å². The largest absolute Gasteiger partial charge is 0.332 e. The molecule has 0 fully saturated rings. The van der Waals surface area contributed by atoms with Crippen LogP contribution in [-0.4, -0.2) is 15.8 Å². The van der Waals surface area contributed by atoms with E-state index >= 15 is 0 Å². The second-order valence-electron chi connectivity index (χ2n) is 6.12. The first-order valence-electron chi connectivity index (χ1n) is 8.30. The lowest BCUT2D eigenvalue weighted by atomic mass is 9.93. The highest BCUT2D eigenvalue weighted by molar-refractivity contribution is 9.10. The minimum Gasteiger partial charge on any atom is -0.332 e. The maximum atomic E-state index is 13.0. The van der Waals surface area contributed by atoms with Crippen LogP contribution in [0, 0.1) is 5.92 Å². The molecule has 124 valence electrons. The molecule has 4 heteroatoms. The molecule has 0 bridgehead atoms. The van der Waals surface area contributed by atoms with Crippen LogP contribution in [-0.2, 0) is 17.9 Å². The Labute approximate surface area is 151 Å². The fourth-order valence-electron chi connectivity index (χ4n) is 2.99. The fourth-order valence-corrected chi connectivity index (χ4v) is 3.25. The van der Waals surface area contributed by atoms with Gasteiger partial charge < -0.3 is 4.90 Å². The third-order valence-corrected chi connectivity index (χ3v) is 4.82. The number of hydrogen-bond acceptors (Lipinski definition) is 2. The predicted octanol–water partition coefficient (Wildman–Crippen LogP) is 4.73. The molecule has 1 aromatic carbocycles. The van der Waals surface area contributed by atoms with E-state index in [1.807, 2.05) is 35.2 Å². The van der Waals surface area contributed by atoms with Crippen LogP contribution >= 0.6 is 15.9 Å². The zero-order valence-electron chi connectivity index (χ0n) is 13.6. The first kappa shape index (κ1) is 16.9. The topological polar surface area (TPSA) is 33.2 Å². The van der Waals surface area contributed by atoms with Crippen LogP contribution in [0.4, 0.5) is 0 Å². The van der Waals surface area contributed by atoms with Crippen molar-refractivity contribution >= 4 is 21.8 Å². The number of hydrogen-bond donors (Lipinski definition) is 0. The highest BCUT2D eigenvalue weighted by Gasteiger charge is 2.25. The zero-order chi connectivity index (χ0) is 16.8. The van der Waals surface area contributed by atoms with Crippen LogP contribution in [0.1, 0.15) is 30.5 Å². The van der Waals surface area contributed by atoms with E-state index in [4.69, 9.17) is 0 Å². The van der Waals surface area contributed by atoms with Crippen LogP contribution in [0.5, 0.6) is 0 Å². The molecule has 0 N–H and O–H groups in total. The molecule has 0 saturated heterocycles. The average molecular weight is 385 g/mol. The number of carbonyl (C=O) groups excluding carboxylic acids is 1. The van der Waals surface area contributed by atoms with E-state index in [0.717, 1.165) is 35.0 Å². The Hall–Kier alpha value is -1.94. The highest BCUT2D eigenvalue weighted by Crippen LogP contribution is 2.23. The number of benzene rings is 1. The Morgan fingerprint density at radius 2 is 1.96 bits per heavy atom. The van der Waals surface area contributed by atoms with Crippen molar-refractivity contribution in [3.05, 3.63) is 76.5 Å². The quantitative estimate of drug-likeness (QED) is 0.698. The van der Waals surface area contributed by atoms with Crippen LogP contribution in [0.2, 0.25) is 0 Å². The van der Waals surface area contributed by atoms with Gasteiger partial charge in [-0.25, -0.2) is 0 Å². The zero-order valence-corrected chi connectivity index (χ0v) is 15.2. The summed E-state index contributed by atoms with van der Waals surface area (Å²) < 4.78 is 1.05. The summed E-state index contributed by atoms with van der Waals surface area (Å²) >= 11 is 3.46. The SMILES string of the molecule is O=C(C1CC=CCC1)N(Cc1ccc(Br)cc1)Cc1ccccn1. The molecule has 1 atom stereocenters. The van der Waals surface area contributed by atoms with Gasteiger partial charge >= 0.3 is 0 Å². The minimum absolute atomic E-state index is 0.0918. The highest BCUT2D eigenvalue weighted by atomic mass is 79.9. The van der Waals surface area contributed by atoms with Gasteiger partial charge in [-0.2, -0.15) is 0 Å². The van der Waals surface area contributed by atoms with Gasteiger partial charge in [0.2, 0.25) is 5.91 Å². The van der Waals surface area contributed by atoms with Crippen molar-refractivity contribution < 1.29 is 4.79 Å². The van der Waals surface area contributed by atoms with Crippen molar-refractivity contribution in [2.24, 2.45) is 5.92 Å². The molecule has 0 radical (unpaired) electrons. The van der Waals surface area contributed by atoms with Crippen LogP contribution in [0.15, 0.2) is 65.3 Å². The molecule has 3 nitrogen and oxygen atoms in total. The number of rotatable bonds is 5. The molecule has 0 saturated carbocycles. The van der Waals surface area contributed by atoms with Gasteiger partial charge in [0.1, 0.15) is 0 Å². The van der Waals surface area contributed by atoms with E-state index in [1.165, 1.54) is 0 Å². The number of allylic oxidation sites excluding steroid dienone is 2. The average Bonchev–Trinajstić information content (AvgIpc) is 2.64. The number of carbonyl (C=O) groups is 1. The smallest absolute Gasteiger partial charge is 0.226 e. The summed E-state index contributed by atoms with van der Waals surface area (Å²) in [5, 5.41) is 0. The third-order valence-electron chi connectivity index (χ3n) is 4.30. The minimum atomic E-state index is 0.0918. The van der Waals surface area contributed by atoms with Gasteiger partial charge in [-0.3, -0.25) is 9.78 Å². The van der Waals surface area contributed by atoms with E-state index in [-0.39, 0.29) is 11.8 Å². The van der Waals surface area contributed by atoms with Gasteiger partial charge in [-0.15, -0.1) is 0 Å². The number of aromatic nitrogens is 1. The number of pyridine rings is 1. The second-order valence-corrected chi connectivity index (χ2v) is 7.04. The summed E-state index contributed by atoms with van der Waals surface area (Å²) in [7, 11) is 0. The lowest BCUT2D eigenvalue weighted by Gasteiger charge is -2.28. The van der Waals surface area contributed by atoms with Gasteiger partial charge in [0.15, 0.2) is 0 Å². The Morgan fingerprint density at radius 1 is 1.12 bits per heavy atom. The molecular formula is C20H21BrN2O. The van der Waals surface area contributed by atoms with E-state index in [0.29, 0.717) is 13.1 Å². The molecule has 1 amide bonds. The van der Waals surface area contributed by atoms with E-state index in [2.05, 4.69) is 45.2 Å². The first-order valence-corrected chi connectivity index (χ1v) is 9.10. The van der Waals surface area contributed by atoms with Crippen LogP contribution in [0.25, 0.3) is 0 Å². The van der Waals surface area contributed by atoms with Crippen LogP contribution < -0.4 is 0 Å². The van der Waals surface area contributed by atoms with E-state index in [1.54, 1.807) is 6.20 Å². The Balaban J connectivity index is 1.78. The van der Waals surface area contributed by atoms with Gasteiger partial charge in [-0.1, -0.05) is 46.3 Å². The van der Waals surface area contributed by atoms with Crippen molar-refractivity contribution in [3.63, 3.8) is 0 Å². The maximum absolute atomic E-state index is 13.0. The normalized spacial score (nSPS) is 16.8. The molecule has 1 heterocycles. The molecule has 1 aliphatic rings. The first-order chi connectivity index (χ1) is 11.7. The van der Waals surface area contributed by atoms with Gasteiger partial charge in [0.05, 0.1) is 12.2 Å². The third kappa shape index (κ3) is 4.54. The summed E-state index contributed by atoms with van der Waals surface area (Å²) in [6.45, 7) is 1.17. The summed E-state index contributed by atoms with van der Waals surface area (Å²) in [5.41, 5.74) is 2.06. The second kappa shape index (κ2) is 8.25. The summed E-state index contributed by atoms with van der Waals surface area (Å²) in [5.74, 6) is 0.321. The number of amides is 1. The maximum Gasteiger partial charge on any atom is 0.226 e. The monoisotopic (exact) mass is 384 g/mol. The summed E-state index contributed by atoms with van der Waals surface area (Å²) in [6, 6.07) is 14.0. The molecule has 24 heavy (non-hydrogen) atoms. The molecule has 2 aromatic rings. The van der Waals surface area contributed by atoms with Crippen molar-refractivity contribution in [1.29, 1.82) is 0 Å². The Morgan fingerprint density at radius 3 is 2.62 bits per heavy atom. The predicted molar refractivity (Wildman–Crippen MR) is 99.1 cm³/mol. The van der Waals surface area contributed by atoms with Crippen molar-refractivity contribution in [2.45, 2.75) is 32.4 Å². The van der Waals surface area contributed by atoms with Crippen molar-refractivity contribution in [1.82, 2.24) is 9.88 Å². The molecule has 1 aromatic heterocycles. The lowest BCUT2D eigenvalue weighted by Crippen LogP contribution is -2.36. The number of halogens is 1. The standard InChI is InChI=1S/C20H21BrN2O/c21-18-11-9-16(10-12-18)14-23(15-19-8-4-5-13-22-19)20(24)17-6-2-1-3-7-17/h1-2,4-5,8-13,17H,3,6-7,14-15H2. The lowest BCUT2D eigenvalue weighted by molar-refractivity contribution is -0.137.